The average Bonchev–Trinajstić information content (AvgIpc) is 2.66. The van der Waals surface area contributed by atoms with Gasteiger partial charge in [-0.2, -0.15) is 5.10 Å². The van der Waals surface area contributed by atoms with Gasteiger partial charge >= 0.3 is 0 Å². The van der Waals surface area contributed by atoms with E-state index < -0.39 is 9.84 Å². The van der Waals surface area contributed by atoms with E-state index in [2.05, 4.69) is 17.5 Å². The minimum absolute atomic E-state index is 0.0320. The third-order valence-electron chi connectivity index (χ3n) is 3.89. The first-order valence-corrected chi connectivity index (χ1v) is 8.81. The molecule has 2 fully saturated rings. The third-order valence-corrected chi connectivity index (χ3v) is 5.72. The van der Waals surface area contributed by atoms with E-state index >= 15 is 0 Å². The largest absolute Gasteiger partial charge is 0.273 e. The molecule has 0 aromatic rings. The predicted molar refractivity (Wildman–Crippen MR) is 74.6 cm³/mol. The molecular weight excluding hydrogens is 264 g/mol. The zero-order valence-electron chi connectivity index (χ0n) is 11.4. The van der Waals surface area contributed by atoms with Crippen molar-refractivity contribution in [1.29, 1.82) is 0 Å². The molecule has 1 saturated heterocycles. The van der Waals surface area contributed by atoms with E-state index in [4.69, 9.17) is 0 Å². The molecule has 5 nitrogen and oxygen atoms in total. The standard InChI is InChI=1S/C13H22N2O3S/c1-10-3-2-4-12(7-10)14-15-13(16)8-11-5-6-19(17,18)9-11/h10-11H,2-9H2,1H3,(H,15,16)/b14-12+/t10-,11-/m1/s1. The van der Waals surface area contributed by atoms with Crippen molar-refractivity contribution in [3.63, 3.8) is 0 Å². The van der Waals surface area contributed by atoms with Gasteiger partial charge < -0.3 is 0 Å². The highest BCUT2D eigenvalue weighted by Gasteiger charge is 2.29. The van der Waals surface area contributed by atoms with Crippen LogP contribution in [0.5, 0.6) is 0 Å². The summed E-state index contributed by atoms with van der Waals surface area (Å²) in [7, 11) is -2.90. The Balaban J connectivity index is 1.77. The SMILES string of the molecule is C[C@@H]1CCC/C(=N\NC(=O)C[C@H]2CCS(=O)(=O)C2)C1. The van der Waals surface area contributed by atoms with E-state index in [-0.39, 0.29) is 29.8 Å². The van der Waals surface area contributed by atoms with E-state index in [1.54, 1.807) is 0 Å². The molecule has 6 heteroatoms. The van der Waals surface area contributed by atoms with E-state index in [0.29, 0.717) is 12.3 Å². The van der Waals surface area contributed by atoms with E-state index in [0.717, 1.165) is 25.0 Å². The maximum Gasteiger partial charge on any atom is 0.240 e. The number of carbonyl (C=O) groups excluding carboxylic acids is 1. The summed E-state index contributed by atoms with van der Waals surface area (Å²) < 4.78 is 22.6. The van der Waals surface area contributed by atoms with Crippen LogP contribution in [0.25, 0.3) is 0 Å². The van der Waals surface area contributed by atoms with Crippen LogP contribution in [0.4, 0.5) is 0 Å². The minimum Gasteiger partial charge on any atom is -0.273 e. The first kappa shape index (κ1) is 14.5. The fourth-order valence-corrected chi connectivity index (χ4v) is 4.71. The quantitative estimate of drug-likeness (QED) is 0.799. The highest BCUT2D eigenvalue weighted by molar-refractivity contribution is 7.91. The van der Waals surface area contributed by atoms with Crippen molar-refractivity contribution in [2.75, 3.05) is 11.5 Å². The van der Waals surface area contributed by atoms with Gasteiger partial charge in [0.25, 0.3) is 0 Å². The normalized spacial score (nSPS) is 32.4. The van der Waals surface area contributed by atoms with Crippen LogP contribution in [0.1, 0.15) is 45.4 Å². The fourth-order valence-electron chi connectivity index (χ4n) is 2.84. The Kier molecular flexibility index (Phi) is 4.60. The monoisotopic (exact) mass is 286 g/mol. The molecule has 0 aromatic carbocycles. The lowest BCUT2D eigenvalue weighted by atomic mass is 9.89. The molecule has 1 N–H and O–H groups in total. The van der Waals surface area contributed by atoms with Crippen LogP contribution < -0.4 is 5.43 Å². The van der Waals surface area contributed by atoms with Crippen molar-refractivity contribution in [2.24, 2.45) is 16.9 Å². The van der Waals surface area contributed by atoms with Gasteiger partial charge in [0.05, 0.1) is 11.5 Å². The fraction of sp³-hybridized carbons (Fsp3) is 0.846. The van der Waals surface area contributed by atoms with Crippen LogP contribution in [-0.4, -0.2) is 31.5 Å². The van der Waals surface area contributed by atoms with Crippen LogP contribution in [-0.2, 0) is 14.6 Å². The Morgan fingerprint density at radius 2 is 2.21 bits per heavy atom. The van der Waals surface area contributed by atoms with Gasteiger partial charge in [0, 0.05) is 12.1 Å². The van der Waals surface area contributed by atoms with Gasteiger partial charge in [0.15, 0.2) is 9.84 Å². The lowest BCUT2D eigenvalue weighted by Gasteiger charge is -2.19. The molecular formula is C13H22N2O3S. The molecule has 108 valence electrons. The van der Waals surface area contributed by atoms with Gasteiger partial charge in [-0.1, -0.05) is 6.92 Å². The molecule has 2 atom stereocenters. The van der Waals surface area contributed by atoms with Crippen molar-refractivity contribution in [2.45, 2.75) is 45.4 Å². The number of rotatable bonds is 3. The lowest BCUT2D eigenvalue weighted by molar-refractivity contribution is -0.121. The van der Waals surface area contributed by atoms with Crippen LogP contribution in [0, 0.1) is 11.8 Å². The average molecular weight is 286 g/mol. The van der Waals surface area contributed by atoms with Gasteiger partial charge in [0.1, 0.15) is 0 Å². The summed E-state index contributed by atoms with van der Waals surface area (Å²) in [5.74, 6) is 0.818. The molecule has 0 bridgehead atoms. The second-order valence-electron chi connectivity index (χ2n) is 5.89. The highest BCUT2D eigenvalue weighted by atomic mass is 32.2. The summed E-state index contributed by atoms with van der Waals surface area (Å²) in [6, 6.07) is 0. The number of hydrazone groups is 1. The predicted octanol–water partition coefficient (Wildman–Crippen LogP) is 1.49. The Bertz CT molecular complexity index is 470. The van der Waals surface area contributed by atoms with Crippen molar-refractivity contribution >= 4 is 21.5 Å². The van der Waals surface area contributed by atoms with Gasteiger partial charge in [0.2, 0.25) is 5.91 Å². The maximum absolute atomic E-state index is 11.7. The third kappa shape index (κ3) is 4.60. The van der Waals surface area contributed by atoms with Gasteiger partial charge in [-0.05, 0) is 43.9 Å². The molecule has 0 aromatic heterocycles. The molecule has 1 aliphatic heterocycles. The number of hydrogen-bond donors (Lipinski definition) is 1. The molecule has 1 heterocycles. The molecule has 1 aliphatic carbocycles. The molecule has 0 unspecified atom stereocenters. The minimum atomic E-state index is -2.90. The summed E-state index contributed by atoms with van der Waals surface area (Å²) in [5, 5.41) is 4.18. The van der Waals surface area contributed by atoms with Crippen LogP contribution in [0.15, 0.2) is 5.10 Å². The van der Waals surface area contributed by atoms with E-state index in [9.17, 15) is 13.2 Å². The van der Waals surface area contributed by atoms with Crippen molar-refractivity contribution in [3.05, 3.63) is 0 Å². The zero-order valence-corrected chi connectivity index (χ0v) is 12.2. The van der Waals surface area contributed by atoms with E-state index in [1.807, 2.05) is 0 Å². The van der Waals surface area contributed by atoms with Crippen molar-refractivity contribution in [3.8, 4) is 0 Å². The van der Waals surface area contributed by atoms with Crippen molar-refractivity contribution < 1.29 is 13.2 Å². The Morgan fingerprint density at radius 1 is 1.42 bits per heavy atom. The molecule has 19 heavy (non-hydrogen) atoms. The van der Waals surface area contributed by atoms with Gasteiger partial charge in [-0.15, -0.1) is 0 Å². The molecule has 0 spiro atoms. The molecule has 1 amide bonds. The number of nitrogens with zero attached hydrogens (tertiary/aromatic N) is 1. The topological polar surface area (TPSA) is 75.6 Å². The van der Waals surface area contributed by atoms with Gasteiger partial charge in [-0.3, -0.25) is 4.79 Å². The number of amides is 1. The lowest BCUT2D eigenvalue weighted by Crippen LogP contribution is -2.24. The second-order valence-corrected chi connectivity index (χ2v) is 8.12. The first-order chi connectivity index (χ1) is 8.94. The Hall–Kier alpha value is -0.910. The molecule has 0 radical (unpaired) electrons. The zero-order chi connectivity index (χ0) is 13.9. The summed E-state index contributed by atoms with van der Waals surface area (Å²) in [5.41, 5.74) is 3.64. The van der Waals surface area contributed by atoms with Crippen molar-refractivity contribution in [1.82, 2.24) is 5.43 Å². The molecule has 1 saturated carbocycles. The first-order valence-electron chi connectivity index (χ1n) is 6.99. The highest BCUT2D eigenvalue weighted by Crippen LogP contribution is 2.22. The molecule has 2 rings (SSSR count). The Morgan fingerprint density at radius 3 is 2.84 bits per heavy atom. The van der Waals surface area contributed by atoms with Crippen LogP contribution in [0.2, 0.25) is 0 Å². The Labute approximate surface area is 114 Å². The summed E-state index contributed by atoms with van der Waals surface area (Å²) in [6.07, 6.45) is 5.15. The molecule has 2 aliphatic rings. The summed E-state index contributed by atoms with van der Waals surface area (Å²) in [4.78, 5) is 11.7. The van der Waals surface area contributed by atoms with Gasteiger partial charge in [-0.25, -0.2) is 13.8 Å². The number of hydrogen-bond acceptors (Lipinski definition) is 4. The number of sulfone groups is 1. The summed E-state index contributed by atoms with van der Waals surface area (Å²) >= 11 is 0. The number of carbonyl (C=O) groups is 1. The summed E-state index contributed by atoms with van der Waals surface area (Å²) in [6.45, 7) is 2.19. The second kappa shape index (κ2) is 6.03. The van der Waals surface area contributed by atoms with Crippen LogP contribution in [0.3, 0.4) is 0 Å². The number of nitrogens with one attached hydrogen (secondary N) is 1. The van der Waals surface area contributed by atoms with E-state index in [1.165, 1.54) is 6.42 Å². The smallest absolute Gasteiger partial charge is 0.240 e. The van der Waals surface area contributed by atoms with Crippen LogP contribution >= 0.6 is 0 Å². The maximum atomic E-state index is 11.7.